The van der Waals surface area contributed by atoms with Crippen molar-refractivity contribution in [3.05, 3.63) is 70.0 Å². The van der Waals surface area contributed by atoms with E-state index in [4.69, 9.17) is 0 Å². The first-order valence-corrected chi connectivity index (χ1v) is 6.71. The van der Waals surface area contributed by atoms with Gasteiger partial charge in [0.25, 0.3) is 0 Å². The van der Waals surface area contributed by atoms with Gasteiger partial charge < -0.3 is 0 Å². The van der Waals surface area contributed by atoms with Crippen molar-refractivity contribution < 1.29 is 13.2 Å². The number of halogens is 3. The van der Waals surface area contributed by atoms with Crippen LogP contribution in [0.3, 0.4) is 0 Å². The van der Waals surface area contributed by atoms with Crippen LogP contribution in [0.5, 0.6) is 0 Å². The Labute approximate surface area is 123 Å². The van der Waals surface area contributed by atoms with E-state index < -0.39 is 17.5 Å². The number of benzene rings is 2. The molecule has 3 heteroatoms. The zero-order valence-electron chi connectivity index (χ0n) is 12.5. The average molecular weight is 290 g/mol. The van der Waals surface area contributed by atoms with Gasteiger partial charge in [-0.1, -0.05) is 31.8 Å². The molecule has 2 rings (SSSR count). The zero-order chi connectivity index (χ0) is 16.0. The highest BCUT2D eigenvalue weighted by molar-refractivity contribution is 5.45. The Hall–Kier alpha value is -2.21. The average Bonchev–Trinajstić information content (AvgIpc) is 2.43. The van der Waals surface area contributed by atoms with E-state index in [-0.39, 0.29) is 5.56 Å². The standard InChI is InChI=1S/C16H11F3.C2H6/c1-10-7-15(18)13(16(19)8-10)6-5-12-4-3-11(2)14(17)9-12;1-2/h3-4,7-9H,1-2H3;1-2H3. The summed E-state index contributed by atoms with van der Waals surface area (Å²) in [6.07, 6.45) is 0. The molecule has 0 spiro atoms. The fourth-order valence-electron chi connectivity index (χ4n) is 1.62. The predicted octanol–water partition coefficient (Wildman–Crippen LogP) is 5.15. The third kappa shape index (κ3) is 4.39. The second kappa shape index (κ2) is 7.54. The van der Waals surface area contributed by atoms with E-state index in [2.05, 4.69) is 11.8 Å². The van der Waals surface area contributed by atoms with Gasteiger partial charge in [0.1, 0.15) is 17.5 Å². The van der Waals surface area contributed by atoms with Gasteiger partial charge in [-0.25, -0.2) is 13.2 Å². The molecule has 0 aromatic heterocycles. The summed E-state index contributed by atoms with van der Waals surface area (Å²) in [5.41, 5.74) is 1.06. The van der Waals surface area contributed by atoms with Crippen molar-refractivity contribution in [2.24, 2.45) is 0 Å². The molecule has 0 aliphatic rings. The number of hydrogen-bond donors (Lipinski definition) is 0. The van der Waals surface area contributed by atoms with Crippen LogP contribution < -0.4 is 0 Å². The lowest BCUT2D eigenvalue weighted by molar-refractivity contribution is 0.575. The van der Waals surface area contributed by atoms with E-state index in [0.29, 0.717) is 16.7 Å². The van der Waals surface area contributed by atoms with Gasteiger partial charge in [-0.15, -0.1) is 0 Å². The highest BCUT2D eigenvalue weighted by Crippen LogP contribution is 2.14. The largest absolute Gasteiger partial charge is 0.207 e. The lowest BCUT2D eigenvalue weighted by Gasteiger charge is -1.99. The minimum Gasteiger partial charge on any atom is -0.207 e. The first-order chi connectivity index (χ1) is 9.97. The topological polar surface area (TPSA) is 0 Å². The van der Waals surface area contributed by atoms with Crippen molar-refractivity contribution in [1.82, 2.24) is 0 Å². The molecule has 0 nitrogen and oxygen atoms in total. The molecule has 0 bridgehead atoms. The van der Waals surface area contributed by atoms with E-state index in [9.17, 15) is 13.2 Å². The quantitative estimate of drug-likeness (QED) is 0.589. The molecule has 0 aliphatic heterocycles. The molecule has 0 fully saturated rings. The second-order valence-corrected chi connectivity index (χ2v) is 4.32. The van der Waals surface area contributed by atoms with Crippen molar-refractivity contribution in [3.63, 3.8) is 0 Å². The van der Waals surface area contributed by atoms with Crippen LogP contribution in [0, 0.1) is 43.1 Å². The molecule has 0 saturated heterocycles. The summed E-state index contributed by atoms with van der Waals surface area (Å²) in [6.45, 7) is 7.23. The smallest absolute Gasteiger partial charge is 0.142 e. The van der Waals surface area contributed by atoms with Crippen LogP contribution >= 0.6 is 0 Å². The molecule has 0 atom stereocenters. The number of rotatable bonds is 0. The highest BCUT2D eigenvalue weighted by atomic mass is 19.1. The molecular formula is C18H17F3. The van der Waals surface area contributed by atoms with Crippen LogP contribution in [0.25, 0.3) is 0 Å². The second-order valence-electron chi connectivity index (χ2n) is 4.32. The van der Waals surface area contributed by atoms with Crippen molar-refractivity contribution in [1.29, 1.82) is 0 Å². The van der Waals surface area contributed by atoms with Crippen LogP contribution in [0.4, 0.5) is 13.2 Å². The van der Waals surface area contributed by atoms with Gasteiger partial charge in [-0.2, -0.15) is 0 Å². The van der Waals surface area contributed by atoms with Crippen LogP contribution in [0.1, 0.15) is 36.1 Å². The maximum Gasteiger partial charge on any atom is 0.142 e. The van der Waals surface area contributed by atoms with Crippen molar-refractivity contribution in [2.45, 2.75) is 27.7 Å². The van der Waals surface area contributed by atoms with Gasteiger partial charge in [0.2, 0.25) is 0 Å². The van der Waals surface area contributed by atoms with Crippen LogP contribution in [-0.2, 0) is 0 Å². The van der Waals surface area contributed by atoms with Crippen LogP contribution in [0.2, 0.25) is 0 Å². The fourth-order valence-corrected chi connectivity index (χ4v) is 1.62. The summed E-state index contributed by atoms with van der Waals surface area (Å²) >= 11 is 0. The fraction of sp³-hybridized carbons (Fsp3) is 0.222. The zero-order valence-corrected chi connectivity index (χ0v) is 12.5. The maximum atomic E-state index is 13.5. The first kappa shape index (κ1) is 16.8. The van der Waals surface area contributed by atoms with Crippen molar-refractivity contribution in [2.75, 3.05) is 0 Å². The number of hydrogen-bond acceptors (Lipinski definition) is 0. The Balaban J connectivity index is 0.00000106. The Morgan fingerprint density at radius 2 is 1.33 bits per heavy atom. The highest BCUT2D eigenvalue weighted by Gasteiger charge is 2.07. The summed E-state index contributed by atoms with van der Waals surface area (Å²) in [5, 5.41) is 0. The molecule has 0 unspecified atom stereocenters. The lowest BCUT2D eigenvalue weighted by Crippen LogP contribution is -1.92. The molecule has 21 heavy (non-hydrogen) atoms. The van der Waals surface area contributed by atoms with Gasteiger partial charge in [0, 0.05) is 5.56 Å². The summed E-state index contributed by atoms with van der Waals surface area (Å²) in [5.74, 6) is 3.15. The van der Waals surface area contributed by atoms with Crippen molar-refractivity contribution >= 4 is 0 Å². The van der Waals surface area contributed by atoms with Gasteiger partial charge in [0.05, 0.1) is 5.56 Å². The Morgan fingerprint density at radius 1 is 0.762 bits per heavy atom. The van der Waals surface area contributed by atoms with E-state index in [0.717, 1.165) is 0 Å². The van der Waals surface area contributed by atoms with E-state index in [1.54, 1.807) is 26.0 Å². The Kier molecular flexibility index (Phi) is 6.05. The molecular weight excluding hydrogens is 273 g/mol. The molecule has 0 radical (unpaired) electrons. The SMILES string of the molecule is CC.Cc1cc(F)c(C#Cc2ccc(C)c(F)c2)c(F)c1. The van der Waals surface area contributed by atoms with E-state index in [1.165, 1.54) is 18.2 Å². The third-order valence-corrected chi connectivity index (χ3v) is 2.69. The maximum absolute atomic E-state index is 13.5. The Bertz CT molecular complexity index is 668. The monoisotopic (exact) mass is 290 g/mol. The summed E-state index contributed by atoms with van der Waals surface area (Å²) in [4.78, 5) is 0. The predicted molar refractivity (Wildman–Crippen MR) is 79.6 cm³/mol. The molecule has 2 aromatic rings. The first-order valence-electron chi connectivity index (χ1n) is 6.71. The van der Waals surface area contributed by atoms with Gasteiger partial charge in [-0.05, 0) is 49.2 Å². The number of aryl methyl sites for hydroxylation is 2. The summed E-state index contributed by atoms with van der Waals surface area (Å²) in [7, 11) is 0. The van der Waals surface area contributed by atoms with Crippen LogP contribution in [-0.4, -0.2) is 0 Å². The van der Waals surface area contributed by atoms with Crippen LogP contribution in [0.15, 0.2) is 30.3 Å². The normalized spacial score (nSPS) is 9.29. The minimum atomic E-state index is -0.711. The minimum absolute atomic E-state index is 0.299. The molecule has 110 valence electrons. The molecule has 0 aliphatic carbocycles. The molecule has 2 aromatic carbocycles. The van der Waals surface area contributed by atoms with Crippen molar-refractivity contribution in [3.8, 4) is 11.8 Å². The summed E-state index contributed by atoms with van der Waals surface area (Å²) in [6, 6.07) is 6.84. The lowest BCUT2D eigenvalue weighted by atomic mass is 10.1. The summed E-state index contributed by atoms with van der Waals surface area (Å²) < 4.78 is 40.4. The molecule has 0 saturated carbocycles. The molecule has 0 heterocycles. The van der Waals surface area contributed by atoms with Gasteiger partial charge >= 0.3 is 0 Å². The molecule has 0 N–H and O–H groups in total. The van der Waals surface area contributed by atoms with E-state index in [1.807, 2.05) is 13.8 Å². The Morgan fingerprint density at radius 3 is 1.86 bits per heavy atom. The molecule has 0 amide bonds. The van der Waals surface area contributed by atoms with E-state index >= 15 is 0 Å². The van der Waals surface area contributed by atoms with Gasteiger partial charge in [0.15, 0.2) is 0 Å². The third-order valence-electron chi connectivity index (χ3n) is 2.69. The van der Waals surface area contributed by atoms with Gasteiger partial charge in [-0.3, -0.25) is 0 Å².